The number of fused-ring (bicyclic) bond motifs is 1. The molecule has 1 saturated carbocycles. The van der Waals surface area contributed by atoms with Crippen LogP contribution in [-0.2, 0) is 19.4 Å². The van der Waals surface area contributed by atoms with Gasteiger partial charge in [-0.1, -0.05) is 44.6 Å². The van der Waals surface area contributed by atoms with Crippen LogP contribution >= 0.6 is 0 Å². The fourth-order valence-corrected chi connectivity index (χ4v) is 5.48. The Balaban J connectivity index is 1.52. The summed E-state index contributed by atoms with van der Waals surface area (Å²) in [5, 5.41) is 8.76. The Kier molecular flexibility index (Phi) is 7.06. The van der Waals surface area contributed by atoms with Crippen molar-refractivity contribution in [1.29, 1.82) is 0 Å². The number of allylic oxidation sites excluding steroid dienone is 1. The van der Waals surface area contributed by atoms with E-state index in [-0.39, 0.29) is 5.91 Å². The molecule has 0 aromatic carbocycles. The molecule has 0 unspecified atom stereocenters. The molecule has 1 N–H and O–H groups in total. The highest BCUT2D eigenvalue weighted by molar-refractivity contribution is 5.94. The highest BCUT2D eigenvalue weighted by atomic mass is 16.2. The van der Waals surface area contributed by atoms with Crippen LogP contribution in [-0.4, -0.2) is 45.8 Å². The number of nitrogens with zero attached hydrogens (tertiary/aromatic N) is 3. The van der Waals surface area contributed by atoms with Crippen molar-refractivity contribution >= 4 is 5.91 Å². The van der Waals surface area contributed by atoms with Crippen molar-refractivity contribution in [3.05, 3.63) is 29.6 Å². The number of nitrogens with one attached hydrogen (secondary N) is 1. The third-order valence-corrected chi connectivity index (χ3v) is 7.07. The summed E-state index contributed by atoms with van der Waals surface area (Å²) in [6, 6.07) is 1.12. The Hall–Kier alpha value is -1.62. The number of rotatable bonds is 5. The maximum Gasteiger partial charge on any atom is 0.274 e. The van der Waals surface area contributed by atoms with E-state index in [0.717, 1.165) is 50.9 Å². The van der Waals surface area contributed by atoms with Gasteiger partial charge >= 0.3 is 0 Å². The summed E-state index contributed by atoms with van der Waals surface area (Å²) >= 11 is 0. The Morgan fingerprint density at radius 1 is 1.00 bits per heavy atom. The summed E-state index contributed by atoms with van der Waals surface area (Å²) in [7, 11) is 0. The van der Waals surface area contributed by atoms with E-state index in [4.69, 9.17) is 5.10 Å². The maximum absolute atomic E-state index is 13.4. The topological polar surface area (TPSA) is 50.2 Å². The van der Waals surface area contributed by atoms with Crippen LogP contribution in [0.1, 0.15) is 92.4 Å². The maximum atomic E-state index is 13.4. The van der Waals surface area contributed by atoms with Crippen LogP contribution in [0, 0.1) is 0 Å². The number of carbonyl (C=O) groups is 1. The van der Waals surface area contributed by atoms with Crippen molar-refractivity contribution < 1.29 is 4.79 Å². The number of hydrogen-bond acceptors (Lipinski definition) is 3. The molecule has 2 heterocycles. The number of aromatic nitrogens is 2. The predicted octanol–water partition coefficient (Wildman–Crippen LogP) is 4.26. The largest absolute Gasteiger partial charge is 0.337 e. The predicted molar refractivity (Wildman–Crippen MR) is 117 cm³/mol. The fraction of sp³-hybridized carbons (Fsp3) is 0.750. The minimum absolute atomic E-state index is 0.154. The average Bonchev–Trinajstić information content (AvgIpc) is 2.97. The van der Waals surface area contributed by atoms with E-state index in [9.17, 15) is 4.79 Å². The lowest BCUT2D eigenvalue weighted by Gasteiger charge is -2.29. The molecule has 0 radical (unpaired) electrons. The second-order valence-corrected chi connectivity index (χ2v) is 9.25. The Morgan fingerprint density at radius 2 is 1.69 bits per heavy atom. The van der Waals surface area contributed by atoms with E-state index in [1.165, 1.54) is 62.6 Å². The normalized spacial score (nSPS) is 23.9. The second kappa shape index (κ2) is 9.92. The molecule has 2 fully saturated rings. The molecule has 160 valence electrons. The third kappa shape index (κ3) is 4.93. The molecular weight excluding hydrogens is 360 g/mol. The van der Waals surface area contributed by atoms with Gasteiger partial charge in [0.1, 0.15) is 0 Å². The van der Waals surface area contributed by atoms with E-state index < -0.39 is 0 Å². The number of likely N-dealkylation sites (tertiary alicyclic amines) is 1. The number of carbonyl (C=O) groups excluding carboxylic acids is 1. The first-order valence-electron chi connectivity index (χ1n) is 12.0. The van der Waals surface area contributed by atoms with Crippen LogP contribution in [0.5, 0.6) is 0 Å². The monoisotopic (exact) mass is 398 g/mol. The van der Waals surface area contributed by atoms with Gasteiger partial charge in [-0.25, -0.2) is 0 Å². The molecule has 1 atom stereocenters. The Bertz CT molecular complexity index is 694. The summed E-state index contributed by atoms with van der Waals surface area (Å²) in [6.07, 6.45) is 17.8. The molecule has 3 aliphatic rings. The van der Waals surface area contributed by atoms with Crippen LogP contribution < -0.4 is 5.32 Å². The molecule has 5 heteroatoms. The van der Waals surface area contributed by atoms with Crippen LogP contribution in [0.3, 0.4) is 0 Å². The van der Waals surface area contributed by atoms with Gasteiger partial charge in [0.15, 0.2) is 5.69 Å². The van der Waals surface area contributed by atoms with Crippen LogP contribution in [0.25, 0.3) is 0 Å². The van der Waals surface area contributed by atoms with Crippen molar-refractivity contribution in [2.24, 2.45) is 0 Å². The smallest absolute Gasteiger partial charge is 0.274 e. The zero-order chi connectivity index (χ0) is 20.1. The minimum Gasteiger partial charge on any atom is -0.337 e. The highest BCUT2D eigenvalue weighted by Crippen LogP contribution is 2.28. The van der Waals surface area contributed by atoms with Gasteiger partial charge in [0.05, 0.1) is 6.54 Å². The van der Waals surface area contributed by atoms with Crippen molar-refractivity contribution in [2.45, 2.75) is 102 Å². The first-order chi connectivity index (χ1) is 14.3. The SMILES string of the molecule is C=CCn1nc(C(=O)N2CCCCCC2)c2c1CC[C@H](NC1CCCCCC1)C2. The Labute approximate surface area is 175 Å². The molecule has 1 aromatic rings. The summed E-state index contributed by atoms with van der Waals surface area (Å²) < 4.78 is 2.04. The van der Waals surface area contributed by atoms with Gasteiger partial charge in [-0.15, -0.1) is 6.58 Å². The highest BCUT2D eigenvalue weighted by Gasteiger charge is 2.32. The van der Waals surface area contributed by atoms with Crippen molar-refractivity contribution in [2.75, 3.05) is 13.1 Å². The zero-order valence-electron chi connectivity index (χ0n) is 18.0. The van der Waals surface area contributed by atoms with Crippen molar-refractivity contribution in [3.63, 3.8) is 0 Å². The van der Waals surface area contributed by atoms with Crippen LogP contribution in [0.15, 0.2) is 12.7 Å². The van der Waals surface area contributed by atoms with Crippen molar-refractivity contribution in [1.82, 2.24) is 20.0 Å². The summed E-state index contributed by atoms with van der Waals surface area (Å²) in [6.45, 7) is 6.35. The van der Waals surface area contributed by atoms with Gasteiger partial charge in [-0.3, -0.25) is 9.48 Å². The number of hydrogen-bond donors (Lipinski definition) is 1. The van der Waals surface area contributed by atoms with Gasteiger partial charge in [0, 0.05) is 36.4 Å². The minimum atomic E-state index is 0.154. The van der Waals surface area contributed by atoms with Gasteiger partial charge in [-0.2, -0.15) is 5.10 Å². The van der Waals surface area contributed by atoms with Gasteiger partial charge in [-0.05, 0) is 44.9 Å². The summed E-state index contributed by atoms with van der Waals surface area (Å²) in [5.41, 5.74) is 3.19. The molecule has 1 amide bonds. The molecule has 1 aliphatic heterocycles. The fourth-order valence-electron chi connectivity index (χ4n) is 5.48. The van der Waals surface area contributed by atoms with Gasteiger partial charge in [0.25, 0.3) is 5.91 Å². The first kappa shape index (κ1) is 20.6. The molecule has 0 spiro atoms. The summed E-state index contributed by atoms with van der Waals surface area (Å²) in [4.78, 5) is 15.4. The molecular formula is C24H38N4O. The lowest BCUT2D eigenvalue weighted by atomic mass is 9.90. The average molecular weight is 399 g/mol. The molecule has 1 saturated heterocycles. The standard InChI is InChI=1S/C24H38N4O/c1-2-15-28-22-14-13-20(25-19-11-7-3-4-8-12-19)18-21(22)23(26-28)24(29)27-16-9-5-6-10-17-27/h2,19-20,25H,1,3-18H2/t20-/m0/s1. The van der Waals surface area contributed by atoms with E-state index >= 15 is 0 Å². The number of amides is 1. The lowest BCUT2D eigenvalue weighted by molar-refractivity contribution is 0.0753. The molecule has 29 heavy (non-hydrogen) atoms. The van der Waals surface area contributed by atoms with E-state index in [1.54, 1.807) is 0 Å². The zero-order valence-corrected chi connectivity index (χ0v) is 18.0. The van der Waals surface area contributed by atoms with Crippen LogP contribution in [0.4, 0.5) is 0 Å². The summed E-state index contributed by atoms with van der Waals surface area (Å²) in [5.74, 6) is 0.154. The second-order valence-electron chi connectivity index (χ2n) is 9.25. The third-order valence-electron chi connectivity index (χ3n) is 7.07. The van der Waals surface area contributed by atoms with E-state index in [0.29, 0.717) is 18.6 Å². The van der Waals surface area contributed by atoms with Gasteiger partial charge < -0.3 is 10.2 Å². The molecule has 0 bridgehead atoms. The molecule has 5 nitrogen and oxygen atoms in total. The molecule has 1 aromatic heterocycles. The molecule has 4 rings (SSSR count). The lowest BCUT2D eigenvalue weighted by Crippen LogP contribution is -2.42. The quantitative estimate of drug-likeness (QED) is 0.596. The van der Waals surface area contributed by atoms with Crippen LogP contribution in [0.2, 0.25) is 0 Å². The molecule has 2 aliphatic carbocycles. The first-order valence-corrected chi connectivity index (χ1v) is 12.0. The Morgan fingerprint density at radius 3 is 2.38 bits per heavy atom. The van der Waals surface area contributed by atoms with E-state index in [1.807, 2.05) is 10.8 Å². The van der Waals surface area contributed by atoms with Gasteiger partial charge in [0.2, 0.25) is 0 Å². The van der Waals surface area contributed by atoms with Crippen molar-refractivity contribution in [3.8, 4) is 0 Å². The van der Waals surface area contributed by atoms with E-state index in [2.05, 4.69) is 16.8 Å².